The summed E-state index contributed by atoms with van der Waals surface area (Å²) in [6.45, 7) is 13.3. The molecule has 0 bridgehead atoms. The van der Waals surface area contributed by atoms with Gasteiger partial charge in [0.05, 0.1) is 11.5 Å². The van der Waals surface area contributed by atoms with E-state index in [2.05, 4.69) is 39.9 Å². The van der Waals surface area contributed by atoms with Gasteiger partial charge in [0.25, 0.3) is 0 Å². The lowest BCUT2D eigenvalue weighted by atomic mass is 9.34. The van der Waals surface area contributed by atoms with Gasteiger partial charge in [0.15, 0.2) is 0 Å². The lowest BCUT2D eigenvalue weighted by Gasteiger charge is -2.75. The molecule has 102 valence electrons. The number of nitrogens with one attached hydrogen (secondary N) is 1. The minimum absolute atomic E-state index is 0.0666. The van der Waals surface area contributed by atoms with Gasteiger partial charge in [-0.3, -0.25) is 10.1 Å². The Balaban J connectivity index is 2.59. The van der Waals surface area contributed by atoms with Gasteiger partial charge in [0.1, 0.15) is 0 Å². The van der Waals surface area contributed by atoms with E-state index in [0.717, 1.165) is 6.42 Å². The molecule has 2 aliphatic rings. The maximum Gasteiger partial charge on any atom is 0.324 e. The van der Waals surface area contributed by atoms with Gasteiger partial charge in [-0.15, -0.1) is 0 Å². The summed E-state index contributed by atoms with van der Waals surface area (Å²) in [7, 11) is 0. The van der Waals surface area contributed by atoms with E-state index in [0.29, 0.717) is 6.54 Å². The maximum atomic E-state index is 12.2. The molecule has 4 nitrogen and oxygen atoms in total. The zero-order valence-electron chi connectivity index (χ0n) is 12.3. The topological polar surface area (TPSA) is 49.4 Å². The van der Waals surface area contributed by atoms with Crippen molar-refractivity contribution >= 4 is 11.9 Å². The number of amides is 3. The number of hydrogen-bond acceptors (Lipinski definition) is 2. The Morgan fingerprint density at radius 3 is 2.17 bits per heavy atom. The number of hydrogen-bond donors (Lipinski definition) is 1. The van der Waals surface area contributed by atoms with E-state index in [4.69, 9.17) is 0 Å². The van der Waals surface area contributed by atoms with Gasteiger partial charge in [-0.2, -0.15) is 0 Å². The number of urea groups is 1. The molecule has 2 atom stereocenters. The molecule has 2 rings (SSSR count). The monoisotopic (exact) mass is 252 g/mol. The molecule has 0 aromatic rings. The third kappa shape index (κ3) is 1.08. The van der Waals surface area contributed by atoms with E-state index < -0.39 is 0 Å². The summed E-state index contributed by atoms with van der Waals surface area (Å²) in [5, 5.41) is 2.51. The van der Waals surface area contributed by atoms with Crippen LogP contribution in [0.1, 0.15) is 48.0 Å². The second-order valence-corrected chi connectivity index (χ2v) is 6.60. The van der Waals surface area contributed by atoms with Crippen molar-refractivity contribution in [2.75, 3.05) is 6.54 Å². The second kappa shape index (κ2) is 3.49. The van der Waals surface area contributed by atoms with Crippen molar-refractivity contribution in [2.24, 2.45) is 16.7 Å². The van der Waals surface area contributed by atoms with E-state index >= 15 is 0 Å². The van der Waals surface area contributed by atoms with Crippen LogP contribution in [0.2, 0.25) is 0 Å². The molecule has 18 heavy (non-hydrogen) atoms. The number of rotatable bonds is 2. The molecule has 3 amide bonds. The van der Waals surface area contributed by atoms with Crippen molar-refractivity contribution in [1.82, 2.24) is 10.2 Å². The molecule has 0 spiro atoms. The van der Waals surface area contributed by atoms with Gasteiger partial charge in [-0.1, -0.05) is 34.6 Å². The number of nitrogens with zero attached hydrogens (tertiary/aromatic N) is 1. The number of fused-ring (bicyclic) bond motifs is 1. The first-order chi connectivity index (χ1) is 8.18. The van der Waals surface area contributed by atoms with Crippen molar-refractivity contribution in [2.45, 2.75) is 53.5 Å². The van der Waals surface area contributed by atoms with E-state index in [1.54, 1.807) is 0 Å². The van der Waals surface area contributed by atoms with Crippen molar-refractivity contribution in [1.29, 1.82) is 0 Å². The molecule has 0 radical (unpaired) electrons. The summed E-state index contributed by atoms with van der Waals surface area (Å²) < 4.78 is 0. The average Bonchev–Trinajstić information content (AvgIpc) is 2.26. The van der Waals surface area contributed by atoms with Gasteiger partial charge in [0, 0.05) is 6.54 Å². The molecular weight excluding hydrogens is 228 g/mol. The van der Waals surface area contributed by atoms with Crippen molar-refractivity contribution < 1.29 is 9.59 Å². The number of carbonyl (C=O) groups excluding carboxylic acids is 2. The largest absolute Gasteiger partial charge is 0.324 e. The molecule has 0 aromatic heterocycles. The Bertz CT molecular complexity index is 414. The molecule has 1 aliphatic heterocycles. The third-order valence-electron chi connectivity index (χ3n) is 5.97. The van der Waals surface area contributed by atoms with E-state index in [-0.39, 0.29) is 34.2 Å². The highest BCUT2D eigenvalue weighted by Gasteiger charge is 2.77. The SMILES string of the molecule is CCN1C(=O)NC(=O)[C@@H]2C(C)(C)C(C)(C)[C@@]21CC. The van der Waals surface area contributed by atoms with Crippen LogP contribution in [0, 0.1) is 16.7 Å². The minimum Gasteiger partial charge on any atom is -0.318 e. The Kier molecular flexibility index (Phi) is 2.59. The van der Waals surface area contributed by atoms with Crippen LogP contribution in [-0.2, 0) is 4.79 Å². The first-order valence-electron chi connectivity index (χ1n) is 6.81. The molecule has 1 saturated carbocycles. The zero-order valence-corrected chi connectivity index (χ0v) is 12.3. The molecule has 1 N–H and O–H groups in total. The fourth-order valence-electron chi connectivity index (χ4n) is 4.53. The molecule has 1 aliphatic carbocycles. The molecular formula is C14H24N2O2. The van der Waals surface area contributed by atoms with Crippen molar-refractivity contribution in [3.63, 3.8) is 0 Å². The number of carbonyl (C=O) groups is 2. The first kappa shape index (κ1) is 13.4. The highest BCUT2D eigenvalue weighted by molar-refractivity contribution is 6.01. The summed E-state index contributed by atoms with van der Waals surface area (Å²) in [4.78, 5) is 26.2. The molecule has 1 heterocycles. The smallest absolute Gasteiger partial charge is 0.318 e. The Morgan fingerprint density at radius 2 is 1.72 bits per heavy atom. The fourth-order valence-corrected chi connectivity index (χ4v) is 4.53. The molecule has 0 unspecified atom stereocenters. The lowest BCUT2D eigenvalue weighted by molar-refractivity contribution is -0.244. The maximum absolute atomic E-state index is 12.2. The molecule has 4 heteroatoms. The zero-order chi connectivity index (χ0) is 13.9. The standard InChI is InChI=1S/C14H24N2O2/c1-7-14-9(12(3,4)13(14,5)6)10(17)15-11(18)16(14)8-2/h9H,7-8H2,1-6H3,(H,15,17,18)/t9-,14-/m1/s1. The summed E-state index contributed by atoms with van der Waals surface area (Å²) in [6.07, 6.45) is 0.821. The van der Waals surface area contributed by atoms with Crippen LogP contribution < -0.4 is 5.32 Å². The van der Waals surface area contributed by atoms with Crippen LogP contribution in [-0.4, -0.2) is 28.9 Å². The van der Waals surface area contributed by atoms with Crippen LogP contribution in [0.3, 0.4) is 0 Å². The molecule has 1 saturated heterocycles. The van der Waals surface area contributed by atoms with Crippen LogP contribution in [0.15, 0.2) is 0 Å². The highest BCUT2D eigenvalue weighted by atomic mass is 16.2. The molecule has 2 fully saturated rings. The predicted molar refractivity (Wildman–Crippen MR) is 70.0 cm³/mol. The summed E-state index contributed by atoms with van der Waals surface area (Å²) in [5.41, 5.74) is -0.491. The normalized spacial score (nSPS) is 36.8. The minimum atomic E-state index is -0.329. The quantitative estimate of drug-likeness (QED) is 0.820. The fraction of sp³-hybridized carbons (Fsp3) is 0.857. The highest BCUT2D eigenvalue weighted by Crippen LogP contribution is 2.70. The average molecular weight is 252 g/mol. The number of imide groups is 1. The predicted octanol–water partition coefficient (Wildman–Crippen LogP) is 2.39. The van der Waals surface area contributed by atoms with Crippen molar-refractivity contribution in [3.05, 3.63) is 0 Å². The van der Waals surface area contributed by atoms with Gasteiger partial charge in [-0.25, -0.2) is 4.79 Å². The molecule has 0 aromatic carbocycles. The van der Waals surface area contributed by atoms with Gasteiger partial charge in [-0.05, 0) is 24.2 Å². The Morgan fingerprint density at radius 1 is 1.17 bits per heavy atom. The van der Waals surface area contributed by atoms with Gasteiger partial charge < -0.3 is 4.90 Å². The van der Waals surface area contributed by atoms with Crippen LogP contribution in [0.4, 0.5) is 4.79 Å². The lowest BCUT2D eigenvalue weighted by Crippen LogP contribution is -2.85. The van der Waals surface area contributed by atoms with Crippen LogP contribution >= 0.6 is 0 Å². The Labute approximate surface area is 109 Å². The van der Waals surface area contributed by atoms with E-state index in [1.165, 1.54) is 0 Å². The Hall–Kier alpha value is -1.06. The third-order valence-corrected chi connectivity index (χ3v) is 5.97. The van der Waals surface area contributed by atoms with Gasteiger partial charge in [0.2, 0.25) is 5.91 Å². The summed E-state index contributed by atoms with van der Waals surface area (Å²) >= 11 is 0. The summed E-state index contributed by atoms with van der Waals surface area (Å²) in [6, 6.07) is -0.232. The van der Waals surface area contributed by atoms with Crippen LogP contribution in [0.5, 0.6) is 0 Å². The van der Waals surface area contributed by atoms with Crippen LogP contribution in [0.25, 0.3) is 0 Å². The second-order valence-electron chi connectivity index (χ2n) is 6.60. The summed E-state index contributed by atoms with van der Waals surface area (Å²) in [5.74, 6) is -0.210. The van der Waals surface area contributed by atoms with E-state index in [1.807, 2.05) is 11.8 Å². The van der Waals surface area contributed by atoms with Crippen molar-refractivity contribution in [3.8, 4) is 0 Å². The van der Waals surface area contributed by atoms with E-state index in [9.17, 15) is 9.59 Å². The first-order valence-corrected chi connectivity index (χ1v) is 6.81. The van der Waals surface area contributed by atoms with Gasteiger partial charge >= 0.3 is 6.03 Å².